The Morgan fingerprint density at radius 3 is 2.84 bits per heavy atom. The first-order chi connectivity index (χ1) is 15.4. The number of anilines is 1. The molecular weight excluding hydrogens is 431 g/mol. The molecule has 2 aliphatic rings. The number of aliphatic imine (C=N–C) groups is 1. The Morgan fingerprint density at radius 1 is 1.34 bits per heavy atom. The van der Waals surface area contributed by atoms with Crippen LogP contribution in [0.2, 0.25) is 0 Å². The van der Waals surface area contributed by atoms with E-state index in [9.17, 15) is 18.0 Å². The van der Waals surface area contributed by atoms with Crippen LogP contribution in [-0.2, 0) is 15.0 Å². The molecular formula is C20H20F3N5O4. The van der Waals surface area contributed by atoms with Crippen LogP contribution in [-0.4, -0.2) is 54.2 Å². The molecule has 0 radical (unpaired) electrons. The van der Waals surface area contributed by atoms with Crippen LogP contribution in [0.1, 0.15) is 23.0 Å². The summed E-state index contributed by atoms with van der Waals surface area (Å²) in [5.74, 6) is -2.10. The van der Waals surface area contributed by atoms with E-state index >= 15 is 0 Å². The first-order valence-electron chi connectivity index (χ1n) is 9.69. The van der Waals surface area contributed by atoms with Crippen LogP contribution in [0.15, 0.2) is 35.6 Å². The van der Waals surface area contributed by atoms with Crippen LogP contribution >= 0.6 is 0 Å². The lowest BCUT2D eigenvalue weighted by Crippen LogP contribution is -2.52. The van der Waals surface area contributed by atoms with Gasteiger partial charge in [0.1, 0.15) is 29.8 Å². The molecule has 170 valence electrons. The standard InChI is InChI=1S/C20H20F3N5O4/c1-10-17-15(7-30-10)32-19(24)28-20(17,8-21)12-4-11(2-3-13(12)23)27-18(29)14-5-26-16(6-25-14)31-9-22/h2-6,10,15,17H,7-9H2,1H3,(H2,24,28)(H,27,29)/t10-,15+,17-,20+/m0/s1. The molecule has 12 heteroatoms. The van der Waals surface area contributed by atoms with E-state index in [4.69, 9.17) is 15.2 Å². The molecule has 1 aromatic heterocycles. The van der Waals surface area contributed by atoms with Gasteiger partial charge in [-0.3, -0.25) is 4.79 Å². The smallest absolute Gasteiger partial charge is 0.283 e. The lowest BCUT2D eigenvalue weighted by Gasteiger charge is -2.41. The van der Waals surface area contributed by atoms with Crippen molar-refractivity contribution in [1.82, 2.24) is 9.97 Å². The molecule has 4 atom stereocenters. The van der Waals surface area contributed by atoms with E-state index in [1.165, 1.54) is 12.1 Å². The number of carbonyl (C=O) groups is 1. The van der Waals surface area contributed by atoms with E-state index in [0.29, 0.717) is 0 Å². The van der Waals surface area contributed by atoms with Gasteiger partial charge >= 0.3 is 0 Å². The van der Waals surface area contributed by atoms with Crippen molar-refractivity contribution in [3.8, 4) is 5.88 Å². The number of alkyl halides is 2. The quantitative estimate of drug-likeness (QED) is 0.690. The topological polar surface area (TPSA) is 121 Å². The number of amides is 1. The Balaban J connectivity index is 1.66. The first kappa shape index (κ1) is 21.8. The Kier molecular flexibility index (Phi) is 5.87. The lowest BCUT2D eigenvalue weighted by atomic mass is 9.74. The second kappa shape index (κ2) is 8.61. The van der Waals surface area contributed by atoms with Crippen molar-refractivity contribution < 1.29 is 32.2 Å². The highest BCUT2D eigenvalue weighted by Crippen LogP contribution is 2.47. The molecule has 0 spiro atoms. The van der Waals surface area contributed by atoms with E-state index in [2.05, 4.69) is 25.0 Å². The molecule has 1 amide bonds. The van der Waals surface area contributed by atoms with E-state index < -0.39 is 48.9 Å². The third-order valence-electron chi connectivity index (χ3n) is 5.52. The number of aromatic nitrogens is 2. The average molecular weight is 451 g/mol. The number of fused-ring (bicyclic) bond motifs is 1. The number of benzene rings is 1. The maximum atomic E-state index is 14.9. The van der Waals surface area contributed by atoms with Crippen LogP contribution < -0.4 is 15.8 Å². The van der Waals surface area contributed by atoms with Gasteiger partial charge in [0.15, 0.2) is 0 Å². The molecule has 2 aromatic rings. The van der Waals surface area contributed by atoms with Crippen molar-refractivity contribution in [2.24, 2.45) is 16.6 Å². The number of halogens is 3. The van der Waals surface area contributed by atoms with Gasteiger partial charge < -0.3 is 25.3 Å². The minimum atomic E-state index is -1.68. The summed E-state index contributed by atoms with van der Waals surface area (Å²) in [5.41, 5.74) is 4.08. The molecule has 3 heterocycles. The van der Waals surface area contributed by atoms with Gasteiger partial charge in [-0.05, 0) is 25.1 Å². The minimum absolute atomic E-state index is 0.0876. The Bertz CT molecular complexity index is 1040. The molecule has 1 saturated heterocycles. The Morgan fingerprint density at radius 2 is 2.16 bits per heavy atom. The normalized spacial score (nSPS) is 26.6. The number of carbonyl (C=O) groups excluding carboxylic acids is 1. The van der Waals surface area contributed by atoms with Crippen LogP contribution in [0.25, 0.3) is 0 Å². The van der Waals surface area contributed by atoms with Crippen molar-refractivity contribution >= 4 is 17.6 Å². The van der Waals surface area contributed by atoms with Crippen LogP contribution in [0.4, 0.5) is 18.9 Å². The Hall–Kier alpha value is -3.41. The molecule has 1 aromatic carbocycles. The minimum Gasteiger partial charge on any atom is -0.459 e. The summed E-state index contributed by atoms with van der Waals surface area (Å²) in [7, 11) is 0. The molecule has 2 aliphatic heterocycles. The summed E-state index contributed by atoms with van der Waals surface area (Å²) in [5, 5.41) is 2.55. The van der Waals surface area contributed by atoms with Gasteiger partial charge in [0.2, 0.25) is 12.7 Å². The van der Waals surface area contributed by atoms with Gasteiger partial charge in [-0.25, -0.2) is 28.1 Å². The summed E-state index contributed by atoms with van der Waals surface area (Å²) in [4.78, 5) is 24.3. The fraction of sp³-hybridized carbons (Fsp3) is 0.400. The molecule has 0 bridgehead atoms. The highest BCUT2D eigenvalue weighted by atomic mass is 19.1. The number of nitrogens with two attached hydrogens (primary N) is 1. The molecule has 9 nitrogen and oxygen atoms in total. The van der Waals surface area contributed by atoms with Gasteiger partial charge in [-0.15, -0.1) is 0 Å². The summed E-state index contributed by atoms with van der Waals surface area (Å²) in [6.45, 7) is -0.239. The van der Waals surface area contributed by atoms with E-state index in [-0.39, 0.29) is 35.5 Å². The van der Waals surface area contributed by atoms with Crippen molar-refractivity contribution in [2.75, 3.05) is 25.5 Å². The predicted octanol–water partition coefficient (Wildman–Crippen LogP) is 2.09. The fourth-order valence-electron chi connectivity index (χ4n) is 4.14. The Labute approximate surface area is 180 Å². The zero-order valence-electron chi connectivity index (χ0n) is 16.9. The zero-order chi connectivity index (χ0) is 22.9. The highest BCUT2D eigenvalue weighted by Gasteiger charge is 2.56. The van der Waals surface area contributed by atoms with Crippen LogP contribution in [0.5, 0.6) is 5.88 Å². The summed E-state index contributed by atoms with van der Waals surface area (Å²) >= 11 is 0. The van der Waals surface area contributed by atoms with Crippen molar-refractivity contribution in [3.05, 3.63) is 47.7 Å². The number of nitrogens with one attached hydrogen (secondary N) is 1. The second-order valence-corrected chi connectivity index (χ2v) is 7.37. The zero-order valence-corrected chi connectivity index (χ0v) is 16.9. The lowest BCUT2D eigenvalue weighted by molar-refractivity contribution is 0.0429. The van der Waals surface area contributed by atoms with Gasteiger partial charge in [0.25, 0.3) is 11.9 Å². The van der Waals surface area contributed by atoms with Gasteiger partial charge in [-0.1, -0.05) is 0 Å². The van der Waals surface area contributed by atoms with Crippen LogP contribution in [0, 0.1) is 11.7 Å². The third kappa shape index (κ3) is 3.81. The molecule has 32 heavy (non-hydrogen) atoms. The monoisotopic (exact) mass is 451 g/mol. The SMILES string of the molecule is C[C@@H]1OC[C@H]2OC(N)=N[C@](CF)(c3cc(NC(=O)c4cnc(OCF)cn4)ccc3F)[C@@H]12. The number of amidine groups is 1. The van der Waals surface area contributed by atoms with E-state index in [0.717, 1.165) is 18.5 Å². The largest absolute Gasteiger partial charge is 0.459 e. The molecule has 4 rings (SSSR count). The number of nitrogens with zero attached hydrogens (tertiary/aromatic N) is 3. The van der Waals surface area contributed by atoms with E-state index in [1.54, 1.807) is 6.92 Å². The highest BCUT2D eigenvalue weighted by molar-refractivity contribution is 6.02. The van der Waals surface area contributed by atoms with Gasteiger partial charge in [0, 0.05) is 11.3 Å². The third-order valence-corrected chi connectivity index (χ3v) is 5.52. The molecule has 3 N–H and O–H groups in total. The molecule has 0 unspecified atom stereocenters. The van der Waals surface area contributed by atoms with Crippen LogP contribution in [0.3, 0.4) is 0 Å². The van der Waals surface area contributed by atoms with Crippen molar-refractivity contribution in [2.45, 2.75) is 24.7 Å². The van der Waals surface area contributed by atoms with Crippen molar-refractivity contribution in [1.29, 1.82) is 0 Å². The predicted molar refractivity (Wildman–Crippen MR) is 106 cm³/mol. The summed E-state index contributed by atoms with van der Waals surface area (Å²) in [6, 6.07) is 3.45. The average Bonchev–Trinajstić information content (AvgIpc) is 3.16. The number of hydrogen-bond donors (Lipinski definition) is 2. The molecule has 0 aliphatic carbocycles. The second-order valence-electron chi connectivity index (χ2n) is 7.37. The van der Waals surface area contributed by atoms with Gasteiger partial charge in [0.05, 0.1) is 31.0 Å². The first-order valence-corrected chi connectivity index (χ1v) is 9.69. The summed E-state index contributed by atoms with van der Waals surface area (Å²) < 4.78 is 57.3. The molecule has 1 fully saturated rings. The number of rotatable bonds is 6. The summed E-state index contributed by atoms with van der Waals surface area (Å²) in [6.07, 6.45) is 1.13. The number of ether oxygens (including phenoxy) is 3. The fourth-order valence-corrected chi connectivity index (χ4v) is 4.14. The number of hydrogen-bond acceptors (Lipinski definition) is 8. The maximum absolute atomic E-state index is 14.9. The van der Waals surface area contributed by atoms with Crippen molar-refractivity contribution in [3.63, 3.8) is 0 Å². The van der Waals surface area contributed by atoms with Gasteiger partial charge in [-0.2, -0.15) is 0 Å². The molecule has 0 saturated carbocycles. The van der Waals surface area contributed by atoms with E-state index in [1.807, 2.05) is 0 Å². The maximum Gasteiger partial charge on any atom is 0.283 e.